The Balaban J connectivity index is 1.38. The van der Waals surface area contributed by atoms with E-state index in [2.05, 4.69) is 5.32 Å². The molecule has 0 saturated carbocycles. The van der Waals surface area contributed by atoms with Crippen LogP contribution < -0.4 is 9.62 Å². The van der Waals surface area contributed by atoms with Crippen LogP contribution in [-0.4, -0.2) is 49.9 Å². The van der Waals surface area contributed by atoms with Gasteiger partial charge in [-0.3, -0.25) is 18.8 Å². The minimum atomic E-state index is -3.37. The fourth-order valence-corrected chi connectivity index (χ4v) is 7.07. The molecule has 1 aromatic carbocycles. The molecule has 1 N–H and O–H groups in total. The number of thiophene rings is 1. The van der Waals surface area contributed by atoms with Gasteiger partial charge < -0.3 is 5.32 Å². The molecule has 2 aromatic rings. The van der Waals surface area contributed by atoms with E-state index in [1.54, 1.807) is 36.5 Å². The van der Waals surface area contributed by atoms with Gasteiger partial charge in [-0.25, -0.2) is 13.2 Å². The van der Waals surface area contributed by atoms with Gasteiger partial charge in [-0.05, 0) is 67.8 Å². The van der Waals surface area contributed by atoms with E-state index < -0.39 is 21.6 Å². The molecule has 3 heterocycles. The second-order valence-corrected chi connectivity index (χ2v) is 11.5. The number of aryl methyl sites for hydroxylation is 1. The summed E-state index contributed by atoms with van der Waals surface area (Å²) in [5.41, 5.74) is 1.50. The van der Waals surface area contributed by atoms with E-state index in [0.29, 0.717) is 30.6 Å². The zero-order valence-corrected chi connectivity index (χ0v) is 19.2. The number of nitrogens with one attached hydrogen (secondary N) is 1. The number of benzene rings is 1. The standard InChI is InChI=1S/C22H23N3O5S2/c1-2-32(29,30)25-10-7-14-12-15(5-6-17(14)25)18(26)13-24-20(27)22(23-21(24)28)9-3-4-19-16(22)8-11-31-19/h5-6,8,11-12H,2-4,7,9-10,13H2,1H3,(H,23,28)/t22-/m1/s1. The molecule has 3 aliphatic rings. The van der Waals surface area contributed by atoms with Crippen molar-refractivity contribution < 1.29 is 22.8 Å². The van der Waals surface area contributed by atoms with Crippen molar-refractivity contribution in [2.45, 2.75) is 38.1 Å². The summed E-state index contributed by atoms with van der Waals surface area (Å²) < 4.78 is 25.9. The number of urea groups is 1. The van der Waals surface area contributed by atoms with Crippen LogP contribution in [0, 0.1) is 0 Å². The highest BCUT2D eigenvalue weighted by Crippen LogP contribution is 2.42. The van der Waals surface area contributed by atoms with Gasteiger partial charge in [-0.2, -0.15) is 0 Å². The van der Waals surface area contributed by atoms with Crippen LogP contribution in [0.25, 0.3) is 0 Å². The lowest BCUT2D eigenvalue weighted by Gasteiger charge is -2.31. The fraction of sp³-hybridized carbons (Fsp3) is 0.409. The Hall–Kier alpha value is -2.72. The van der Waals surface area contributed by atoms with Gasteiger partial charge in [-0.1, -0.05) is 0 Å². The minimum Gasteiger partial charge on any atom is -0.319 e. The van der Waals surface area contributed by atoms with E-state index in [0.717, 1.165) is 33.7 Å². The Morgan fingerprint density at radius 3 is 2.81 bits per heavy atom. The summed E-state index contributed by atoms with van der Waals surface area (Å²) in [6.07, 6.45) is 2.72. The molecule has 1 aliphatic carbocycles. The Labute approximate surface area is 190 Å². The number of ketones is 1. The third-order valence-corrected chi connectivity index (χ3v) is 9.35. The van der Waals surface area contributed by atoms with Gasteiger partial charge in [0, 0.05) is 22.5 Å². The maximum Gasteiger partial charge on any atom is 0.325 e. The molecule has 8 nitrogen and oxygen atoms in total. The molecule has 1 saturated heterocycles. The number of imide groups is 1. The maximum atomic E-state index is 13.3. The number of anilines is 1. The van der Waals surface area contributed by atoms with E-state index in [9.17, 15) is 22.8 Å². The smallest absolute Gasteiger partial charge is 0.319 e. The van der Waals surface area contributed by atoms with Crippen molar-refractivity contribution in [1.29, 1.82) is 0 Å². The quantitative estimate of drug-likeness (QED) is 0.531. The van der Waals surface area contributed by atoms with Crippen LogP contribution in [-0.2, 0) is 33.2 Å². The van der Waals surface area contributed by atoms with Crippen molar-refractivity contribution in [2.24, 2.45) is 0 Å². The summed E-state index contributed by atoms with van der Waals surface area (Å²) in [7, 11) is -3.37. The number of sulfonamides is 1. The van der Waals surface area contributed by atoms with Crippen LogP contribution in [0.2, 0.25) is 0 Å². The highest BCUT2D eigenvalue weighted by atomic mass is 32.2. The monoisotopic (exact) mass is 473 g/mol. The van der Waals surface area contributed by atoms with Gasteiger partial charge in [0.15, 0.2) is 5.78 Å². The molecular weight excluding hydrogens is 450 g/mol. The molecule has 0 unspecified atom stereocenters. The van der Waals surface area contributed by atoms with Crippen LogP contribution in [0.5, 0.6) is 0 Å². The van der Waals surface area contributed by atoms with Crippen molar-refractivity contribution in [3.8, 4) is 0 Å². The summed E-state index contributed by atoms with van der Waals surface area (Å²) in [5, 5.41) is 4.79. The molecule has 168 valence electrons. The van der Waals surface area contributed by atoms with Crippen molar-refractivity contribution >= 4 is 44.8 Å². The third-order valence-electron chi connectivity index (χ3n) is 6.59. The van der Waals surface area contributed by atoms with Crippen LogP contribution in [0.4, 0.5) is 10.5 Å². The first-order valence-electron chi connectivity index (χ1n) is 10.6. The largest absolute Gasteiger partial charge is 0.325 e. The lowest BCUT2D eigenvalue weighted by Crippen LogP contribution is -2.46. The van der Waals surface area contributed by atoms with Crippen molar-refractivity contribution in [3.05, 3.63) is 51.2 Å². The average molecular weight is 474 g/mol. The zero-order chi connectivity index (χ0) is 22.7. The Kier molecular flexibility index (Phi) is 4.90. The minimum absolute atomic E-state index is 0.00684. The Bertz CT molecular complexity index is 1250. The van der Waals surface area contributed by atoms with E-state index in [-0.39, 0.29) is 24.0 Å². The molecule has 2 aliphatic heterocycles. The first kappa shape index (κ1) is 21.1. The Morgan fingerprint density at radius 1 is 1.22 bits per heavy atom. The van der Waals surface area contributed by atoms with Crippen LogP contribution in [0.3, 0.4) is 0 Å². The van der Waals surface area contributed by atoms with Crippen molar-refractivity contribution in [2.75, 3.05) is 23.1 Å². The number of Topliss-reactive ketones (excluding diaryl/α,β-unsaturated/α-hetero) is 1. The van der Waals surface area contributed by atoms with E-state index in [1.807, 2.05) is 11.4 Å². The molecule has 0 radical (unpaired) electrons. The predicted octanol–water partition coefficient (Wildman–Crippen LogP) is 2.43. The molecule has 5 rings (SSSR count). The van der Waals surface area contributed by atoms with Gasteiger partial charge in [0.2, 0.25) is 10.0 Å². The van der Waals surface area contributed by atoms with E-state index in [1.165, 1.54) is 4.31 Å². The highest BCUT2D eigenvalue weighted by Gasteiger charge is 2.54. The van der Waals surface area contributed by atoms with Gasteiger partial charge in [0.25, 0.3) is 5.91 Å². The molecule has 0 bridgehead atoms. The van der Waals surface area contributed by atoms with E-state index in [4.69, 9.17) is 0 Å². The van der Waals surface area contributed by atoms with Gasteiger partial charge >= 0.3 is 6.03 Å². The summed E-state index contributed by atoms with van der Waals surface area (Å²) in [4.78, 5) is 41.1. The number of amides is 3. The van der Waals surface area contributed by atoms with E-state index >= 15 is 0 Å². The topological polar surface area (TPSA) is 104 Å². The first-order valence-corrected chi connectivity index (χ1v) is 13.1. The number of hydrogen-bond donors (Lipinski definition) is 1. The molecule has 10 heteroatoms. The van der Waals surface area contributed by atoms with Crippen LogP contribution >= 0.6 is 11.3 Å². The second-order valence-electron chi connectivity index (χ2n) is 8.33. The number of carbonyl (C=O) groups is 3. The lowest BCUT2D eigenvalue weighted by molar-refractivity contribution is -0.131. The number of rotatable bonds is 5. The third kappa shape index (κ3) is 3.07. The lowest BCUT2D eigenvalue weighted by atomic mass is 9.80. The molecule has 1 spiro atoms. The SMILES string of the molecule is CCS(=O)(=O)N1CCc2cc(C(=O)CN3C(=O)N[C@@]4(CCCc5sccc54)C3=O)ccc21. The number of hydrogen-bond acceptors (Lipinski definition) is 6. The summed E-state index contributed by atoms with van der Waals surface area (Å²) in [6.45, 7) is 1.60. The molecule has 1 fully saturated rings. The van der Waals surface area contributed by atoms with Crippen LogP contribution in [0.1, 0.15) is 46.1 Å². The molecule has 3 amide bonds. The van der Waals surface area contributed by atoms with Crippen molar-refractivity contribution in [1.82, 2.24) is 10.2 Å². The highest BCUT2D eigenvalue weighted by molar-refractivity contribution is 7.92. The second kappa shape index (κ2) is 7.41. The molecule has 32 heavy (non-hydrogen) atoms. The average Bonchev–Trinajstić information content (AvgIpc) is 3.48. The summed E-state index contributed by atoms with van der Waals surface area (Å²) in [6, 6.07) is 6.21. The normalized spacial score (nSPS) is 22.3. The maximum absolute atomic E-state index is 13.3. The van der Waals surface area contributed by atoms with Gasteiger partial charge in [-0.15, -0.1) is 11.3 Å². The van der Waals surface area contributed by atoms with Gasteiger partial charge in [0.1, 0.15) is 5.54 Å². The zero-order valence-electron chi connectivity index (χ0n) is 17.6. The number of nitrogens with zero attached hydrogens (tertiary/aromatic N) is 2. The summed E-state index contributed by atoms with van der Waals surface area (Å²) >= 11 is 1.58. The van der Waals surface area contributed by atoms with Crippen molar-refractivity contribution in [3.63, 3.8) is 0 Å². The predicted molar refractivity (Wildman–Crippen MR) is 120 cm³/mol. The number of carbonyl (C=O) groups excluding carboxylic acids is 3. The number of fused-ring (bicyclic) bond motifs is 3. The van der Waals surface area contributed by atoms with Gasteiger partial charge in [0.05, 0.1) is 18.0 Å². The fourth-order valence-electron chi connectivity index (χ4n) is 4.91. The molecule has 1 atom stereocenters. The summed E-state index contributed by atoms with van der Waals surface area (Å²) in [5.74, 6) is -0.726. The first-order chi connectivity index (χ1) is 15.3. The van der Waals surface area contributed by atoms with Crippen LogP contribution in [0.15, 0.2) is 29.6 Å². The molecule has 1 aromatic heterocycles. The molecular formula is C22H23N3O5S2. The Morgan fingerprint density at radius 2 is 2.03 bits per heavy atom.